The summed E-state index contributed by atoms with van der Waals surface area (Å²) in [5, 5.41) is 7.12. The van der Waals surface area contributed by atoms with Crippen LogP contribution >= 0.6 is 25.3 Å². The summed E-state index contributed by atoms with van der Waals surface area (Å²) in [6.07, 6.45) is -5.08. The average molecular weight is 226 g/mol. The van der Waals surface area contributed by atoms with E-state index in [4.69, 9.17) is 9.90 Å². The van der Waals surface area contributed by atoms with Crippen LogP contribution in [-0.4, -0.2) is 34.2 Å². The fraction of sp³-hybridized carbons (Fsp3) is 0.750. The normalized spacial score (nSPS) is 9.08. The van der Waals surface area contributed by atoms with E-state index in [2.05, 4.69) is 25.3 Å². The van der Waals surface area contributed by atoms with Crippen LogP contribution in [0.1, 0.15) is 0 Å². The van der Waals surface area contributed by atoms with Crippen molar-refractivity contribution >= 4 is 31.2 Å². The number of carboxylic acid groups (broad SMARTS) is 1. The quantitative estimate of drug-likeness (QED) is 0.575. The second-order valence-electron chi connectivity index (χ2n) is 1.25. The first-order chi connectivity index (χ1) is 4.86. The Morgan fingerprint density at radius 3 is 1.42 bits per heavy atom. The second-order valence-corrected chi connectivity index (χ2v) is 2.14. The summed E-state index contributed by atoms with van der Waals surface area (Å²) in [6, 6.07) is 0. The third-order valence-corrected chi connectivity index (χ3v) is 1.14. The standard InChI is InChI=1S/C2HF3O2.C2H6S2.H2O/c3-2(4,5)1(6)7;3-1-2-4;/h(H,6,7);3-4H,1-2H2;1H2. The molecule has 0 spiro atoms. The van der Waals surface area contributed by atoms with Crippen molar-refractivity contribution in [1.82, 2.24) is 0 Å². The van der Waals surface area contributed by atoms with Crippen LogP contribution in [-0.2, 0) is 4.79 Å². The molecule has 0 rings (SSSR count). The first kappa shape index (κ1) is 17.9. The highest BCUT2D eigenvalue weighted by Crippen LogP contribution is 2.13. The van der Waals surface area contributed by atoms with E-state index in [1.165, 1.54) is 0 Å². The highest BCUT2D eigenvalue weighted by molar-refractivity contribution is 7.84. The number of carboxylic acids is 1. The zero-order valence-corrected chi connectivity index (χ0v) is 7.59. The molecule has 0 saturated carbocycles. The Balaban J connectivity index is -0.000000142. The van der Waals surface area contributed by atoms with Crippen LogP contribution in [0.15, 0.2) is 0 Å². The van der Waals surface area contributed by atoms with E-state index in [1.54, 1.807) is 0 Å². The highest BCUT2D eigenvalue weighted by atomic mass is 32.1. The van der Waals surface area contributed by atoms with Crippen molar-refractivity contribution in [3.63, 3.8) is 0 Å². The molecular formula is C4H9F3O3S2. The summed E-state index contributed by atoms with van der Waals surface area (Å²) >= 11 is 7.69. The summed E-state index contributed by atoms with van der Waals surface area (Å²) in [5.74, 6) is -1.00. The fourth-order valence-electron chi connectivity index (χ4n) is 0. The number of aliphatic carboxylic acids is 1. The minimum atomic E-state index is -5.08. The first-order valence-corrected chi connectivity index (χ1v) is 3.64. The van der Waals surface area contributed by atoms with Crippen LogP contribution in [0.25, 0.3) is 0 Å². The zero-order valence-electron chi connectivity index (χ0n) is 5.80. The van der Waals surface area contributed by atoms with Crippen molar-refractivity contribution in [3.8, 4) is 0 Å². The minimum Gasteiger partial charge on any atom is -0.475 e. The summed E-state index contributed by atoms with van der Waals surface area (Å²) in [7, 11) is 0. The van der Waals surface area contributed by atoms with Crippen LogP contribution in [0.3, 0.4) is 0 Å². The Labute approximate surface area is 78.1 Å². The molecular weight excluding hydrogens is 217 g/mol. The van der Waals surface area contributed by atoms with Gasteiger partial charge in [-0.3, -0.25) is 0 Å². The molecule has 8 heteroatoms. The maximum Gasteiger partial charge on any atom is 0.490 e. The summed E-state index contributed by atoms with van der Waals surface area (Å²) in [5.41, 5.74) is 0. The van der Waals surface area contributed by atoms with Gasteiger partial charge in [0.25, 0.3) is 0 Å². The molecule has 0 radical (unpaired) electrons. The van der Waals surface area contributed by atoms with Gasteiger partial charge in [-0.2, -0.15) is 38.4 Å². The lowest BCUT2D eigenvalue weighted by atomic mass is 10.7. The third-order valence-electron chi connectivity index (χ3n) is 0.343. The number of hydrogen-bond donors (Lipinski definition) is 3. The van der Waals surface area contributed by atoms with Gasteiger partial charge >= 0.3 is 12.1 Å². The van der Waals surface area contributed by atoms with Gasteiger partial charge in [-0.1, -0.05) is 0 Å². The molecule has 0 aromatic carbocycles. The van der Waals surface area contributed by atoms with E-state index < -0.39 is 12.1 Å². The van der Waals surface area contributed by atoms with Gasteiger partial charge in [-0.25, -0.2) is 4.79 Å². The number of alkyl halides is 3. The molecule has 0 aliphatic heterocycles. The molecule has 76 valence electrons. The monoisotopic (exact) mass is 226 g/mol. The van der Waals surface area contributed by atoms with Gasteiger partial charge in [0.1, 0.15) is 0 Å². The second kappa shape index (κ2) is 9.01. The van der Waals surface area contributed by atoms with Crippen LogP contribution in [0.5, 0.6) is 0 Å². The maximum atomic E-state index is 10.6. The highest BCUT2D eigenvalue weighted by Gasteiger charge is 2.38. The van der Waals surface area contributed by atoms with Gasteiger partial charge in [0.15, 0.2) is 0 Å². The van der Waals surface area contributed by atoms with Crippen LogP contribution < -0.4 is 0 Å². The summed E-state index contributed by atoms with van der Waals surface area (Å²) in [4.78, 5) is 8.90. The van der Waals surface area contributed by atoms with Crippen molar-refractivity contribution in [2.24, 2.45) is 0 Å². The number of thiol groups is 2. The van der Waals surface area contributed by atoms with Gasteiger partial charge in [0.05, 0.1) is 0 Å². The molecule has 0 saturated heterocycles. The first-order valence-electron chi connectivity index (χ1n) is 2.38. The van der Waals surface area contributed by atoms with Crippen molar-refractivity contribution in [2.75, 3.05) is 11.5 Å². The molecule has 0 atom stereocenters. The Hall–Kier alpha value is -0.0800. The van der Waals surface area contributed by atoms with E-state index in [0.29, 0.717) is 0 Å². The van der Waals surface area contributed by atoms with Crippen LogP contribution in [0.4, 0.5) is 13.2 Å². The number of rotatable bonds is 1. The molecule has 0 heterocycles. The van der Waals surface area contributed by atoms with E-state index in [9.17, 15) is 13.2 Å². The topological polar surface area (TPSA) is 68.8 Å². The smallest absolute Gasteiger partial charge is 0.475 e. The Kier molecular flexibility index (Phi) is 13.4. The van der Waals surface area contributed by atoms with Crippen molar-refractivity contribution < 1.29 is 28.5 Å². The molecule has 0 aromatic rings. The molecule has 0 aromatic heterocycles. The number of hydrogen-bond acceptors (Lipinski definition) is 3. The Morgan fingerprint density at radius 2 is 1.42 bits per heavy atom. The predicted molar refractivity (Wildman–Crippen MR) is 45.0 cm³/mol. The lowest BCUT2D eigenvalue weighted by Gasteiger charge is -1.93. The van der Waals surface area contributed by atoms with Crippen LogP contribution in [0.2, 0.25) is 0 Å². The molecule has 3 N–H and O–H groups in total. The lowest BCUT2D eigenvalue weighted by molar-refractivity contribution is -0.192. The van der Waals surface area contributed by atoms with E-state index in [-0.39, 0.29) is 5.48 Å². The Morgan fingerprint density at radius 1 is 1.25 bits per heavy atom. The Bertz CT molecular complexity index is 115. The molecule has 0 amide bonds. The fourth-order valence-corrected chi connectivity index (χ4v) is 0. The lowest BCUT2D eigenvalue weighted by Crippen LogP contribution is -2.21. The third kappa shape index (κ3) is 16.5. The maximum absolute atomic E-state index is 10.6. The summed E-state index contributed by atoms with van der Waals surface area (Å²) < 4.78 is 31.7. The van der Waals surface area contributed by atoms with Gasteiger partial charge in [-0.05, 0) is 11.5 Å². The zero-order chi connectivity index (χ0) is 9.49. The summed E-state index contributed by atoms with van der Waals surface area (Å²) in [6.45, 7) is 0. The molecule has 0 unspecified atom stereocenters. The molecule has 12 heavy (non-hydrogen) atoms. The molecule has 3 nitrogen and oxygen atoms in total. The number of halogens is 3. The number of carbonyl (C=O) groups is 1. The van der Waals surface area contributed by atoms with Gasteiger partial charge in [-0.15, -0.1) is 0 Å². The van der Waals surface area contributed by atoms with Crippen molar-refractivity contribution in [3.05, 3.63) is 0 Å². The van der Waals surface area contributed by atoms with Crippen molar-refractivity contribution in [2.45, 2.75) is 6.18 Å². The van der Waals surface area contributed by atoms with Crippen molar-refractivity contribution in [1.29, 1.82) is 0 Å². The predicted octanol–water partition coefficient (Wildman–Crippen LogP) is 0.655. The molecule has 0 bridgehead atoms. The molecule has 0 fully saturated rings. The van der Waals surface area contributed by atoms with E-state index in [1.807, 2.05) is 0 Å². The van der Waals surface area contributed by atoms with E-state index in [0.717, 1.165) is 11.5 Å². The minimum absolute atomic E-state index is 0. The van der Waals surface area contributed by atoms with Crippen LogP contribution in [0, 0.1) is 0 Å². The van der Waals surface area contributed by atoms with Gasteiger partial charge < -0.3 is 10.6 Å². The van der Waals surface area contributed by atoms with Gasteiger partial charge in [0, 0.05) is 0 Å². The molecule has 0 aliphatic carbocycles. The van der Waals surface area contributed by atoms with E-state index >= 15 is 0 Å². The largest absolute Gasteiger partial charge is 0.490 e. The average Bonchev–Trinajstić information content (AvgIpc) is 1.87. The molecule has 0 aliphatic rings. The SMILES string of the molecule is O.O=C(O)C(F)(F)F.SCCS. The van der Waals surface area contributed by atoms with Gasteiger partial charge in [0.2, 0.25) is 0 Å².